The molecule has 1 aromatic heterocycles. The molecule has 2 aromatic rings. The van der Waals surface area contributed by atoms with Crippen LogP contribution in [0.25, 0.3) is 0 Å². The zero-order valence-corrected chi connectivity index (χ0v) is 23.2. The number of benzene rings is 1. The number of nitrogens with one attached hydrogen (secondary N) is 2. The van der Waals surface area contributed by atoms with E-state index in [2.05, 4.69) is 70.7 Å². The topological polar surface area (TPSA) is 65.5 Å². The van der Waals surface area contributed by atoms with Crippen molar-refractivity contribution < 1.29 is 4.74 Å². The normalized spacial score (nSPS) is 22.5. The monoisotopic (exact) mass is 522 g/mol. The maximum atomic E-state index is 5.78. The summed E-state index contributed by atoms with van der Waals surface area (Å²) in [7, 11) is 0. The molecule has 1 aromatic carbocycles. The lowest BCUT2D eigenvalue weighted by molar-refractivity contribution is 0.0515. The Morgan fingerprint density at radius 2 is 1.73 bits per heavy atom. The molecule has 0 spiro atoms. The minimum absolute atomic E-state index is 0.00679. The van der Waals surface area contributed by atoms with Crippen molar-refractivity contribution in [1.82, 2.24) is 15.3 Å². The molecule has 4 heterocycles. The number of anilines is 3. The molecular formula is C29H42N6OS. The highest BCUT2D eigenvalue weighted by Gasteiger charge is 2.34. The van der Waals surface area contributed by atoms with Crippen molar-refractivity contribution in [1.29, 1.82) is 0 Å². The Morgan fingerprint density at radius 1 is 1.00 bits per heavy atom. The molecule has 0 amide bonds. The predicted molar refractivity (Wildman–Crippen MR) is 156 cm³/mol. The molecule has 8 heteroatoms. The largest absolute Gasteiger partial charge is 0.381 e. The third-order valence-corrected chi connectivity index (χ3v) is 8.80. The van der Waals surface area contributed by atoms with Gasteiger partial charge in [-0.2, -0.15) is 9.97 Å². The summed E-state index contributed by atoms with van der Waals surface area (Å²) in [6, 6.07) is 13.4. The highest BCUT2D eigenvalue weighted by molar-refractivity contribution is 7.80. The van der Waals surface area contributed by atoms with E-state index in [1.54, 1.807) is 0 Å². The van der Waals surface area contributed by atoms with E-state index >= 15 is 0 Å². The van der Waals surface area contributed by atoms with Gasteiger partial charge in [-0.15, -0.1) is 0 Å². The molecule has 3 aliphatic heterocycles. The summed E-state index contributed by atoms with van der Waals surface area (Å²) >= 11 is 5.78. The van der Waals surface area contributed by atoms with Crippen molar-refractivity contribution in [3.63, 3.8) is 0 Å². The smallest absolute Gasteiger partial charge is 0.232 e. The molecule has 0 bridgehead atoms. The van der Waals surface area contributed by atoms with Crippen LogP contribution in [0.3, 0.4) is 0 Å². The molecule has 7 nitrogen and oxygen atoms in total. The highest BCUT2D eigenvalue weighted by Crippen LogP contribution is 2.34. The van der Waals surface area contributed by atoms with Crippen LogP contribution in [0.4, 0.5) is 17.6 Å². The number of rotatable bonds is 6. The number of thiocarbonyl (C=S) groups is 1. The molecule has 2 N–H and O–H groups in total. The van der Waals surface area contributed by atoms with Crippen LogP contribution in [-0.4, -0.2) is 60.5 Å². The van der Waals surface area contributed by atoms with Gasteiger partial charge < -0.3 is 25.2 Å². The number of nitrogens with zero attached hydrogens (tertiary/aromatic N) is 4. The highest BCUT2D eigenvalue weighted by atomic mass is 32.1. The molecule has 3 aliphatic rings. The van der Waals surface area contributed by atoms with Crippen molar-refractivity contribution in [3.05, 3.63) is 42.0 Å². The van der Waals surface area contributed by atoms with Gasteiger partial charge in [0.15, 0.2) is 5.11 Å². The molecule has 37 heavy (non-hydrogen) atoms. The molecule has 0 radical (unpaired) electrons. The molecule has 3 fully saturated rings. The number of ether oxygens (including phenoxy) is 1. The van der Waals surface area contributed by atoms with E-state index in [9.17, 15) is 0 Å². The second-order valence-corrected chi connectivity index (χ2v) is 11.6. The summed E-state index contributed by atoms with van der Waals surface area (Å²) in [6.45, 7) is 10.1. The maximum Gasteiger partial charge on any atom is 0.232 e. The Morgan fingerprint density at radius 3 is 2.46 bits per heavy atom. The van der Waals surface area contributed by atoms with Gasteiger partial charge in [0.25, 0.3) is 0 Å². The van der Waals surface area contributed by atoms with E-state index in [1.807, 2.05) is 0 Å². The zero-order chi connectivity index (χ0) is 25.7. The van der Waals surface area contributed by atoms with Gasteiger partial charge in [-0.1, -0.05) is 37.3 Å². The second kappa shape index (κ2) is 11.9. The Balaban J connectivity index is 1.33. The average Bonchev–Trinajstić information content (AvgIpc) is 2.93. The minimum atomic E-state index is 0.00679. The Bertz CT molecular complexity index is 1040. The van der Waals surface area contributed by atoms with Crippen molar-refractivity contribution in [2.75, 3.05) is 54.5 Å². The minimum Gasteiger partial charge on any atom is -0.381 e. The fourth-order valence-electron chi connectivity index (χ4n) is 5.98. The first-order chi connectivity index (χ1) is 18.0. The van der Waals surface area contributed by atoms with Crippen LogP contribution < -0.4 is 20.4 Å². The fourth-order valence-corrected chi connectivity index (χ4v) is 6.14. The molecule has 200 valence electrons. The van der Waals surface area contributed by atoms with Gasteiger partial charge in [-0.3, -0.25) is 0 Å². The third kappa shape index (κ3) is 6.34. The first-order valence-corrected chi connectivity index (χ1v) is 14.5. The van der Waals surface area contributed by atoms with Gasteiger partial charge >= 0.3 is 0 Å². The van der Waals surface area contributed by atoms with Gasteiger partial charge in [0.2, 0.25) is 5.95 Å². The van der Waals surface area contributed by atoms with Crippen molar-refractivity contribution >= 4 is 34.9 Å². The molecule has 1 atom stereocenters. The lowest BCUT2D eigenvalue weighted by atomic mass is 9.74. The van der Waals surface area contributed by atoms with E-state index in [-0.39, 0.29) is 5.41 Å². The Kier molecular flexibility index (Phi) is 8.45. The summed E-state index contributed by atoms with van der Waals surface area (Å²) in [5.41, 5.74) is 1.35. The fraction of sp³-hybridized carbons (Fsp3) is 0.621. The van der Waals surface area contributed by atoms with E-state index in [0.717, 1.165) is 69.8 Å². The van der Waals surface area contributed by atoms with Crippen LogP contribution in [-0.2, 0) is 10.2 Å². The van der Waals surface area contributed by atoms with Gasteiger partial charge in [-0.05, 0) is 75.6 Å². The van der Waals surface area contributed by atoms with Crippen LogP contribution in [0.15, 0.2) is 36.4 Å². The molecule has 0 saturated carbocycles. The Labute approximate surface area is 227 Å². The van der Waals surface area contributed by atoms with Crippen molar-refractivity contribution in [2.45, 2.75) is 70.3 Å². The summed E-state index contributed by atoms with van der Waals surface area (Å²) in [5.74, 6) is 3.37. The van der Waals surface area contributed by atoms with E-state index in [1.165, 1.54) is 37.7 Å². The van der Waals surface area contributed by atoms with Gasteiger partial charge in [0.1, 0.15) is 11.6 Å². The SMILES string of the molecule is CC1CCN(c2cc(N3CCCCC3C)nc(NC(=S)NCC3(c4ccccc4)CCOCC3)n2)CC1. The molecule has 5 rings (SSSR count). The summed E-state index contributed by atoms with van der Waals surface area (Å²) in [6.07, 6.45) is 8.05. The van der Waals surface area contributed by atoms with Crippen molar-refractivity contribution in [3.8, 4) is 0 Å². The van der Waals surface area contributed by atoms with Crippen LogP contribution in [0.5, 0.6) is 0 Å². The second-order valence-electron chi connectivity index (χ2n) is 11.2. The van der Waals surface area contributed by atoms with E-state index < -0.39 is 0 Å². The summed E-state index contributed by atoms with van der Waals surface area (Å²) < 4.78 is 5.70. The lowest BCUT2D eigenvalue weighted by Gasteiger charge is -2.38. The standard InChI is InChI=1S/C29H42N6OS/c1-22-11-16-34(17-12-22)25-20-26(35-15-7-6-8-23(35)2)32-27(31-25)33-28(37)30-21-29(13-18-36-19-14-29)24-9-4-3-5-10-24/h3-5,9-10,20,22-23H,6-8,11-19,21H2,1-2H3,(H2,30,31,32,33,37). The van der Waals surface area contributed by atoms with Crippen LogP contribution in [0.1, 0.15) is 64.4 Å². The van der Waals surface area contributed by atoms with Gasteiger partial charge in [0, 0.05) is 56.9 Å². The molecule has 3 saturated heterocycles. The first kappa shape index (κ1) is 26.2. The lowest BCUT2D eigenvalue weighted by Crippen LogP contribution is -2.45. The van der Waals surface area contributed by atoms with Gasteiger partial charge in [0.05, 0.1) is 0 Å². The molecule has 0 aliphatic carbocycles. The molecular weight excluding hydrogens is 480 g/mol. The first-order valence-electron chi connectivity index (χ1n) is 14.1. The van der Waals surface area contributed by atoms with E-state index in [0.29, 0.717) is 17.1 Å². The van der Waals surface area contributed by atoms with Crippen LogP contribution >= 0.6 is 12.2 Å². The summed E-state index contributed by atoms with van der Waals surface area (Å²) in [4.78, 5) is 14.7. The third-order valence-electron chi connectivity index (χ3n) is 8.55. The number of hydrogen-bond acceptors (Lipinski definition) is 6. The van der Waals surface area contributed by atoms with E-state index in [4.69, 9.17) is 26.9 Å². The van der Waals surface area contributed by atoms with Gasteiger partial charge in [-0.25, -0.2) is 0 Å². The molecule has 1 unspecified atom stereocenters. The number of aromatic nitrogens is 2. The Hall–Kier alpha value is -2.45. The maximum absolute atomic E-state index is 5.78. The zero-order valence-electron chi connectivity index (χ0n) is 22.4. The predicted octanol–water partition coefficient (Wildman–Crippen LogP) is 5.13. The van der Waals surface area contributed by atoms with Crippen LogP contribution in [0.2, 0.25) is 0 Å². The van der Waals surface area contributed by atoms with Crippen molar-refractivity contribution in [2.24, 2.45) is 5.92 Å². The average molecular weight is 523 g/mol. The summed E-state index contributed by atoms with van der Waals surface area (Å²) in [5, 5.41) is 7.43. The number of piperidine rings is 2. The van der Waals surface area contributed by atoms with Crippen LogP contribution in [0, 0.1) is 5.92 Å². The quantitative estimate of drug-likeness (QED) is 0.507. The number of hydrogen-bond donors (Lipinski definition) is 2.